The second-order valence-electron chi connectivity index (χ2n) is 2.45. The van der Waals surface area contributed by atoms with Crippen LogP contribution in [0.1, 0.15) is 33.5 Å². The fourth-order valence-corrected chi connectivity index (χ4v) is 1.91. The van der Waals surface area contributed by atoms with E-state index >= 15 is 0 Å². The highest BCUT2D eigenvalue weighted by atomic mass is 32.1. The van der Waals surface area contributed by atoms with Crippen LogP contribution in [0.25, 0.3) is 0 Å². The van der Waals surface area contributed by atoms with Crippen LogP contribution in [0.2, 0.25) is 0 Å². The highest BCUT2D eigenvalue weighted by Gasteiger charge is 2.21. The molecule has 1 aromatic heterocycles. The van der Waals surface area contributed by atoms with Gasteiger partial charge in [0.15, 0.2) is 0 Å². The molecule has 2 nitrogen and oxygen atoms in total. The molecule has 0 bridgehead atoms. The van der Waals surface area contributed by atoms with Crippen LogP contribution in [0.5, 0.6) is 0 Å². The number of carboxylic acids is 1. The van der Waals surface area contributed by atoms with E-state index in [1.54, 1.807) is 6.92 Å². The quantitative estimate of drug-likeness (QED) is 0.825. The predicted molar refractivity (Wildman–Crippen MR) is 45.6 cm³/mol. The van der Waals surface area contributed by atoms with Crippen LogP contribution in [0.3, 0.4) is 0 Å². The smallest absolute Gasteiger partial charge is 0.337 e. The van der Waals surface area contributed by atoms with E-state index in [1.807, 2.05) is 0 Å². The molecule has 1 N–H and O–H groups in total. The summed E-state index contributed by atoms with van der Waals surface area (Å²) in [7, 11) is 0. The number of hydrogen-bond donors (Lipinski definition) is 1. The van der Waals surface area contributed by atoms with Gasteiger partial charge in [0.1, 0.15) is 0 Å². The monoisotopic (exact) mass is 206 g/mol. The molecule has 0 aliphatic carbocycles. The number of rotatable bonds is 3. The maximum atomic E-state index is 12.3. The molecule has 0 spiro atoms. The fourth-order valence-electron chi connectivity index (χ4n) is 0.961. The molecule has 0 saturated carbocycles. The molecule has 0 amide bonds. The molecule has 0 fully saturated rings. The summed E-state index contributed by atoms with van der Waals surface area (Å²) in [4.78, 5) is 10.9. The Hall–Kier alpha value is -0.970. The predicted octanol–water partition coefficient (Wildman–Crippen LogP) is 2.95. The van der Waals surface area contributed by atoms with E-state index in [4.69, 9.17) is 5.11 Å². The van der Waals surface area contributed by atoms with Crippen molar-refractivity contribution >= 4 is 17.3 Å². The first-order chi connectivity index (χ1) is 6.06. The average Bonchev–Trinajstić information content (AvgIpc) is 2.47. The zero-order valence-corrected chi connectivity index (χ0v) is 7.70. The third-order valence-corrected chi connectivity index (χ3v) is 2.88. The van der Waals surface area contributed by atoms with Gasteiger partial charge in [0.25, 0.3) is 6.43 Å². The van der Waals surface area contributed by atoms with Gasteiger partial charge in [0.2, 0.25) is 0 Å². The van der Waals surface area contributed by atoms with Crippen LogP contribution in [-0.2, 0) is 6.42 Å². The number of aromatic carboxylic acids is 1. The van der Waals surface area contributed by atoms with Gasteiger partial charge in [0.05, 0.1) is 10.4 Å². The standard InChI is InChI=1S/C8H8F2O2S/c1-2-4-3-5(8(11)12)6(13-4)7(9)10/h3,7H,2H2,1H3,(H,11,12). The molecule has 13 heavy (non-hydrogen) atoms. The maximum Gasteiger partial charge on any atom is 0.337 e. The Kier molecular flexibility index (Phi) is 2.98. The molecule has 0 aliphatic heterocycles. The Labute approximate surface area is 77.8 Å². The number of thiophene rings is 1. The van der Waals surface area contributed by atoms with Crippen molar-refractivity contribution in [2.75, 3.05) is 0 Å². The van der Waals surface area contributed by atoms with Gasteiger partial charge >= 0.3 is 5.97 Å². The first kappa shape index (κ1) is 10.1. The molecule has 1 heterocycles. The van der Waals surface area contributed by atoms with Crippen molar-refractivity contribution in [2.45, 2.75) is 19.8 Å². The van der Waals surface area contributed by atoms with Gasteiger partial charge in [-0.2, -0.15) is 0 Å². The van der Waals surface area contributed by atoms with Gasteiger partial charge in [0, 0.05) is 4.88 Å². The lowest BCUT2D eigenvalue weighted by molar-refractivity contribution is 0.0687. The summed E-state index contributed by atoms with van der Waals surface area (Å²) in [6, 6.07) is 1.31. The van der Waals surface area contributed by atoms with Crippen molar-refractivity contribution in [3.8, 4) is 0 Å². The van der Waals surface area contributed by atoms with Crippen molar-refractivity contribution in [1.29, 1.82) is 0 Å². The van der Waals surface area contributed by atoms with Crippen molar-refractivity contribution in [3.63, 3.8) is 0 Å². The Morgan fingerprint density at radius 1 is 1.69 bits per heavy atom. The SMILES string of the molecule is CCc1cc(C(=O)O)c(C(F)F)s1. The lowest BCUT2D eigenvalue weighted by Gasteiger charge is -1.95. The summed E-state index contributed by atoms with van der Waals surface area (Å²) in [6.07, 6.45) is -2.12. The van der Waals surface area contributed by atoms with Crippen molar-refractivity contribution in [1.82, 2.24) is 0 Å². The first-order valence-corrected chi connectivity index (χ1v) is 4.52. The lowest BCUT2D eigenvalue weighted by Crippen LogP contribution is -1.97. The maximum absolute atomic E-state index is 12.3. The Morgan fingerprint density at radius 2 is 2.31 bits per heavy atom. The van der Waals surface area contributed by atoms with Crippen molar-refractivity contribution < 1.29 is 18.7 Å². The Balaban J connectivity index is 3.15. The molecule has 0 aromatic carbocycles. The van der Waals surface area contributed by atoms with Crippen molar-refractivity contribution in [3.05, 3.63) is 21.4 Å². The number of hydrogen-bond acceptors (Lipinski definition) is 2. The zero-order chi connectivity index (χ0) is 10.0. The Bertz CT molecular complexity index is 320. The van der Waals surface area contributed by atoms with E-state index < -0.39 is 12.4 Å². The van der Waals surface area contributed by atoms with Gasteiger partial charge in [-0.25, -0.2) is 13.6 Å². The summed E-state index contributed by atoms with van der Waals surface area (Å²) < 4.78 is 24.6. The van der Waals surface area contributed by atoms with Crippen LogP contribution >= 0.6 is 11.3 Å². The molecule has 1 rings (SSSR count). The van der Waals surface area contributed by atoms with Crippen LogP contribution in [-0.4, -0.2) is 11.1 Å². The minimum Gasteiger partial charge on any atom is -0.478 e. The van der Waals surface area contributed by atoms with E-state index in [0.717, 1.165) is 11.3 Å². The fraction of sp³-hybridized carbons (Fsp3) is 0.375. The summed E-state index contributed by atoms with van der Waals surface area (Å²) in [6.45, 7) is 1.80. The van der Waals surface area contributed by atoms with Gasteiger partial charge in [-0.05, 0) is 12.5 Å². The van der Waals surface area contributed by atoms with E-state index in [0.29, 0.717) is 11.3 Å². The topological polar surface area (TPSA) is 37.3 Å². The molecule has 72 valence electrons. The van der Waals surface area contributed by atoms with Crippen molar-refractivity contribution in [2.24, 2.45) is 0 Å². The van der Waals surface area contributed by atoms with Crippen LogP contribution in [0, 0.1) is 0 Å². The number of halogens is 2. The van der Waals surface area contributed by atoms with E-state index in [1.165, 1.54) is 6.07 Å². The van der Waals surface area contributed by atoms with Gasteiger partial charge in [-0.1, -0.05) is 6.92 Å². The van der Waals surface area contributed by atoms with Gasteiger partial charge < -0.3 is 5.11 Å². The van der Waals surface area contributed by atoms with Crippen LogP contribution < -0.4 is 0 Å². The second-order valence-corrected chi connectivity index (χ2v) is 3.62. The van der Waals surface area contributed by atoms with Crippen LogP contribution in [0.15, 0.2) is 6.07 Å². The zero-order valence-electron chi connectivity index (χ0n) is 6.88. The molecule has 0 unspecified atom stereocenters. The third kappa shape index (κ3) is 2.03. The highest BCUT2D eigenvalue weighted by molar-refractivity contribution is 7.12. The molecular weight excluding hydrogens is 198 g/mol. The number of aryl methyl sites for hydroxylation is 1. The summed E-state index contributed by atoms with van der Waals surface area (Å²) in [5, 5.41) is 8.60. The summed E-state index contributed by atoms with van der Waals surface area (Å²) in [5.74, 6) is -1.29. The van der Waals surface area contributed by atoms with E-state index in [-0.39, 0.29) is 10.4 Å². The minimum absolute atomic E-state index is 0.267. The van der Waals surface area contributed by atoms with Crippen LogP contribution in [0.4, 0.5) is 8.78 Å². The molecule has 0 atom stereocenters. The molecular formula is C8H8F2O2S. The largest absolute Gasteiger partial charge is 0.478 e. The third-order valence-electron chi connectivity index (χ3n) is 1.59. The molecule has 0 radical (unpaired) electrons. The van der Waals surface area contributed by atoms with Gasteiger partial charge in [-0.3, -0.25) is 0 Å². The molecule has 1 aromatic rings. The Morgan fingerprint density at radius 3 is 2.62 bits per heavy atom. The number of carboxylic acid groups (broad SMARTS) is 1. The number of carbonyl (C=O) groups is 1. The van der Waals surface area contributed by atoms with Gasteiger partial charge in [-0.15, -0.1) is 11.3 Å². The average molecular weight is 206 g/mol. The summed E-state index contributed by atoms with van der Waals surface area (Å²) >= 11 is 0.865. The van der Waals surface area contributed by atoms with E-state index in [2.05, 4.69) is 0 Å². The molecule has 0 saturated heterocycles. The lowest BCUT2D eigenvalue weighted by atomic mass is 10.2. The molecule has 0 aliphatic rings. The highest BCUT2D eigenvalue weighted by Crippen LogP contribution is 2.31. The normalized spacial score (nSPS) is 10.8. The molecule has 5 heteroatoms. The number of alkyl halides is 2. The second kappa shape index (κ2) is 3.83. The summed E-state index contributed by atoms with van der Waals surface area (Å²) in [5.41, 5.74) is -0.267. The van der Waals surface area contributed by atoms with E-state index in [9.17, 15) is 13.6 Å². The minimum atomic E-state index is -2.70. The first-order valence-electron chi connectivity index (χ1n) is 3.70.